The van der Waals surface area contributed by atoms with Crippen molar-refractivity contribution in [3.63, 3.8) is 0 Å². The van der Waals surface area contributed by atoms with E-state index in [-0.39, 0.29) is 29.6 Å². The molecule has 0 amide bonds. The van der Waals surface area contributed by atoms with E-state index in [1.165, 1.54) is 31.5 Å². The molecule has 0 bridgehead atoms. The van der Waals surface area contributed by atoms with Crippen molar-refractivity contribution >= 4 is 22.8 Å². The normalized spacial score (nSPS) is 11.1. The lowest BCUT2D eigenvalue weighted by molar-refractivity contribution is 0.358. The van der Waals surface area contributed by atoms with E-state index < -0.39 is 17.3 Å². The molecule has 0 atom stereocenters. The number of hydrogen-bond donors (Lipinski definition) is 1. The number of nitrogens with one attached hydrogen (secondary N) is 1. The molecule has 0 saturated carbocycles. The molecule has 1 aromatic carbocycles. The van der Waals surface area contributed by atoms with E-state index in [1.807, 2.05) is 0 Å². The fourth-order valence-corrected chi connectivity index (χ4v) is 3.52. The zero-order valence-electron chi connectivity index (χ0n) is 18.9. The van der Waals surface area contributed by atoms with Gasteiger partial charge in [-0.25, -0.2) is 28.7 Å². The SMILES string of the molecule is COc1cc(OC)c(F)c(N(Cc2ncc[nH]2)c2ncc3ncc(-c4cnn(C)c4)nc3n2)c1F. The third kappa shape index (κ3) is 4.07. The number of aromatic amines is 1. The van der Waals surface area contributed by atoms with Gasteiger partial charge in [-0.1, -0.05) is 0 Å². The van der Waals surface area contributed by atoms with Crippen molar-refractivity contribution in [2.75, 3.05) is 19.1 Å². The third-order valence-electron chi connectivity index (χ3n) is 5.21. The van der Waals surface area contributed by atoms with Gasteiger partial charge >= 0.3 is 0 Å². The minimum atomic E-state index is -0.948. The van der Waals surface area contributed by atoms with Crippen LogP contribution < -0.4 is 14.4 Å². The summed E-state index contributed by atoms with van der Waals surface area (Å²) >= 11 is 0. The van der Waals surface area contributed by atoms with E-state index in [2.05, 4.69) is 35.0 Å². The Hall–Kier alpha value is -4.68. The summed E-state index contributed by atoms with van der Waals surface area (Å²) in [4.78, 5) is 26.0. The van der Waals surface area contributed by atoms with E-state index in [1.54, 1.807) is 36.5 Å². The number of nitrogens with zero attached hydrogens (tertiary/aromatic N) is 8. The van der Waals surface area contributed by atoms with Crippen molar-refractivity contribution in [2.45, 2.75) is 6.54 Å². The summed E-state index contributed by atoms with van der Waals surface area (Å²) in [6, 6.07) is 1.13. The van der Waals surface area contributed by atoms with Gasteiger partial charge in [0.1, 0.15) is 17.0 Å². The molecule has 35 heavy (non-hydrogen) atoms. The van der Waals surface area contributed by atoms with Crippen LogP contribution in [0.1, 0.15) is 5.82 Å². The number of ether oxygens (including phenoxy) is 2. The van der Waals surface area contributed by atoms with E-state index in [4.69, 9.17) is 9.47 Å². The molecule has 0 saturated heterocycles. The van der Waals surface area contributed by atoms with Crippen molar-refractivity contribution in [3.05, 3.63) is 60.7 Å². The van der Waals surface area contributed by atoms with Gasteiger partial charge in [0.25, 0.3) is 0 Å². The highest BCUT2D eigenvalue weighted by Crippen LogP contribution is 2.40. The summed E-state index contributed by atoms with van der Waals surface area (Å²) < 4.78 is 42.7. The number of methoxy groups -OCH3 is 2. The average Bonchev–Trinajstić information content (AvgIpc) is 3.55. The van der Waals surface area contributed by atoms with Crippen molar-refractivity contribution in [3.8, 4) is 22.8 Å². The fraction of sp³-hybridized carbons (Fsp3) is 0.182. The number of hydrogen-bond acceptors (Lipinski definition) is 9. The number of H-pyrrole nitrogens is 1. The Balaban J connectivity index is 1.68. The monoisotopic (exact) mass is 479 g/mol. The van der Waals surface area contributed by atoms with Crippen LogP contribution >= 0.6 is 0 Å². The summed E-state index contributed by atoms with van der Waals surface area (Å²) in [5.74, 6) is -1.92. The molecule has 0 unspecified atom stereocenters. The number of anilines is 2. The van der Waals surface area contributed by atoms with Gasteiger partial charge in [-0.15, -0.1) is 0 Å². The highest BCUT2D eigenvalue weighted by molar-refractivity contribution is 5.75. The van der Waals surface area contributed by atoms with Crippen molar-refractivity contribution in [2.24, 2.45) is 7.05 Å². The molecule has 1 N–H and O–H groups in total. The second-order valence-corrected chi connectivity index (χ2v) is 7.42. The quantitative estimate of drug-likeness (QED) is 0.375. The van der Waals surface area contributed by atoms with E-state index >= 15 is 8.78 Å². The second kappa shape index (κ2) is 8.93. The Labute approximate surface area is 197 Å². The topological polar surface area (TPSA) is 120 Å². The number of rotatable bonds is 7. The summed E-state index contributed by atoms with van der Waals surface area (Å²) in [5, 5.41) is 4.14. The van der Waals surface area contributed by atoms with Gasteiger partial charge in [-0.2, -0.15) is 10.1 Å². The van der Waals surface area contributed by atoms with Gasteiger partial charge in [0, 0.05) is 37.3 Å². The molecule has 0 aliphatic carbocycles. The Kier molecular flexibility index (Phi) is 5.65. The van der Waals surface area contributed by atoms with Crippen LogP contribution in [-0.2, 0) is 13.6 Å². The molecule has 0 spiro atoms. The van der Waals surface area contributed by atoms with Gasteiger partial charge in [-0.3, -0.25) is 9.58 Å². The molecule has 5 aromatic rings. The molecular formula is C22H19F2N9O2. The molecule has 0 aliphatic rings. The number of imidazole rings is 1. The maximum atomic E-state index is 15.4. The second-order valence-electron chi connectivity index (χ2n) is 7.42. The maximum Gasteiger partial charge on any atom is 0.232 e. The summed E-state index contributed by atoms with van der Waals surface area (Å²) in [7, 11) is 4.34. The summed E-state index contributed by atoms with van der Waals surface area (Å²) in [5.41, 5.74) is 1.45. The highest BCUT2D eigenvalue weighted by Gasteiger charge is 2.28. The van der Waals surface area contributed by atoms with Gasteiger partial charge in [0.05, 0.1) is 45.0 Å². The van der Waals surface area contributed by atoms with Gasteiger partial charge < -0.3 is 14.5 Å². The van der Waals surface area contributed by atoms with E-state index in [9.17, 15) is 0 Å². The van der Waals surface area contributed by atoms with E-state index in [0.29, 0.717) is 17.0 Å². The molecule has 11 nitrogen and oxygen atoms in total. The van der Waals surface area contributed by atoms with Crippen LogP contribution in [0, 0.1) is 11.6 Å². The number of benzene rings is 1. The molecule has 4 heterocycles. The largest absolute Gasteiger partial charge is 0.493 e. The minimum Gasteiger partial charge on any atom is -0.493 e. The van der Waals surface area contributed by atoms with Crippen molar-refractivity contribution in [1.82, 2.24) is 39.7 Å². The molecule has 0 radical (unpaired) electrons. The van der Waals surface area contributed by atoms with Gasteiger partial charge in [-0.05, 0) is 0 Å². The zero-order valence-corrected chi connectivity index (χ0v) is 18.9. The predicted octanol–water partition coefficient (Wildman–Crippen LogP) is 3.18. The molecule has 0 aliphatic heterocycles. The number of halogens is 2. The van der Waals surface area contributed by atoms with Crippen LogP contribution in [-0.4, -0.2) is 53.9 Å². The molecule has 4 aromatic heterocycles. The van der Waals surface area contributed by atoms with Crippen LogP contribution in [0.5, 0.6) is 11.5 Å². The Morgan fingerprint density at radius 3 is 2.40 bits per heavy atom. The van der Waals surface area contributed by atoms with E-state index in [0.717, 1.165) is 11.6 Å². The first-order valence-corrected chi connectivity index (χ1v) is 10.3. The molecule has 0 fully saturated rings. The predicted molar refractivity (Wildman–Crippen MR) is 121 cm³/mol. The van der Waals surface area contributed by atoms with Crippen LogP contribution in [0.15, 0.2) is 43.2 Å². The Morgan fingerprint density at radius 2 is 1.77 bits per heavy atom. The Morgan fingerprint density at radius 1 is 1.00 bits per heavy atom. The first-order chi connectivity index (χ1) is 17.0. The standard InChI is InChI=1S/C22H19F2N9O2/c1-32-10-12(7-29-32)13-8-27-14-9-28-22(31-21(14)30-13)33(11-17-25-4-5-26-17)20-18(23)15(34-2)6-16(35-3)19(20)24/h4-10H,11H2,1-3H3,(H,25,26). The van der Waals surface area contributed by atoms with Crippen LogP contribution in [0.2, 0.25) is 0 Å². The highest BCUT2D eigenvalue weighted by atomic mass is 19.1. The fourth-order valence-electron chi connectivity index (χ4n) is 3.52. The molecular weight excluding hydrogens is 460 g/mol. The third-order valence-corrected chi connectivity index (χ3v) is 5.21. The van der Waals surface area contributed by atoms with Crippen LogP contribution in [0.25, 0.3) is 22.4 Å². The Bertz CT molecular complexity index is 1480. The first-order valence-electron chi connectivity index (χ1n) is 10.3. The average molecular weight is 479 g/mol. The van der Waals surface area contributed by atoms with Crippen LogP contribution in [0.3, 0.4) is 0 Å². The van der Waals surface area contributed by atoms with Crippen molar-refractivity contribution < 1.29 is 18.3 Å². The summed E-state index contributed by atoms with van der Waals surface area (Å²) in [6.45, 7) is -0.0849. The molecule has 13 heteroatoms. The lowest BCUT2D eigenvalue weighted by Crippen LogP contribution is -2.23. The minimum absolute atomic E-state index is 0.0281. The lowest BCUT2D eigenvalue weighted by atomic mass is 10.2. The smallest absolute Gasteiger partial charge is 0.232 e. The molecule has 178 valence electrons. The van der Waals surface area contributed by atoms with Gasteiger partial charge in [0.15, 0.2) is 28.8 Å². The molecule has 5 rings (SSSR count). The number of aryl methyl sites for hydroxylation is 1. The van der Waals surface area contributed by atoms with Crippen LogP contribution in [0.4, 0.5) is 20.4 Å². The number of fused-ring (bicyclic) bond motifs is 1. The number of aromatic nitrogens is 8. The summed E-state index contributed by atoms with van der Waals surface area (Å²) in [6.07, 6.45) is 9.57. The van der Waals surface area contributed by atoms with Gasteiger partial charge in [0.2, 0.25) is 5.95 Å². The van der Waals surface area contributed by atoms with Crippen molar-refractivity contribution in [1.29, 1.82) is 0 Å². The maximum absolute atomic E-state index is 15.4. The zero-order chi connectivity index (χ0) is 24.5. The lowest BCUT2D eigenvalue weighted by Gasteiger charge is -2.24. The first kappa shape index (κ1) is 22.1.